The summed E-state index contributed by atoms with van der Waals surface area (Å²) in [5.41, 5.74) is 0. The summed E-state index contributed by atoms with van der Waals surface area (Å²) in [6.07, 6.45) is -2.32. The number of esters is 3. The number of carbonyl (C=O) groups excluding carboxylic acids is 3. The Hall–Kier alpha value is -1.63. The van der Waals surface area contributed by atoms with E-state index in [1.165, 1.54) is 14.0 Å². The van der Waals surface area contributed by atoms with E-state index in [9.17, 15) is 14.4 Å². The monoisotopic (exact) mass is 290 g/mol. The van der Waals surface area contributed by atoms with Crippen LogP contribution in [-0.2, 0) is 28.6 Å². The van der Waals surface area contributed by atoms with E-state index in [1.54, 1.807) is 13.8 Å². The topological polar surface area (TPSA) is 99.1 Å². The first kappa shape index (κ1) is 18.4. The zero-order chi connectivity index (χ0) is 15.7. The van der Waals surface area contributed by atoms with Gasteiger partial charge in [0.1, 0.15) is 12.2 Å². The Kier molecular flexibility index (Phi) is 8.54. The molecule has 0 radical (unpaired) electrons. The van der Waals surface area contributed by atoms with E-state index in [4.69, 9.17) is 14.6 Å². The van der Waals surface area contributed by atoms with Crippen molar-refractivity contribution in [3.05, 3.63) is 0 Å². The lowest BCUT2D eigenvalue weighted by Crippen LogP contribution is -2.25. The molecule has 0 heterocycles. The van der Waals surface area contributed by atoms with Crippen LogP contribution in [0.2, 0.25) is 0 Å². The van der Waals surface area contributed by atoms with E-state index in [1.807, 2.05) is 0 Å². The molecule has 0 bridgehead atoms. The quantitative estimate of drug-likeness (QED) is 0.515. The van der Waals surface area contributed by atoms with Crippen LogP contribution >= 0.6 is 0 Å². The SMILES string of the molecule is COC(=O)C[C@@H](C)OC(=O)C[C@@H](C)OC(=O)C[C@@H](C)O. The van der Waals surface area contributed by atoms with Gasteiger partial charge in [-0.15, -0.1) is 0 Å². The smallest absolute Gasteiger partial charge is 0.309 e. The molecule has 0 aliphatic carbocycles. The first-order valence-electron chi connectivity index (χ1n) is 6.38. The number of hydrogen-bond acceptors (Lipinski definition) is 7. The summed E-state index contributed by atoms with van der Waals surface area (Å²) in [4.78, 5) is 33.7. The summed E-state index contributed by atoms with van der Waals surface area (Å²) < 4.78 is 14.3. The molecule has 116 valence electrons. The van der Waals surface area contributed by atoms with E-state index < -0.39 is 36.2 Å². The number of hydrogen-bond donors (Lipinski definition) is 1. The molecule has 0 amide bonds. The number of ether oxygens (including phenoxy) is 3. The van der Waals surface area contributed by atoms with E-state index in [2.05, 4.69) is 4.74 Å². The van der Waals surface area contributed by atoms with E-state index in [0.29, 0.717) is 0 Å². The average Bonchev–Trinajstić information content (AvgIpc) is 2.26. The minimum Gasteiger partial charge on any atom is -0.469 e. The van der Waals surface area contributed by atoms with Crippen LogP contribution in [0.15, 0.2) is 0 Å². The van der Waals surface area contributed by atoms with Crippen molar-refractivity contribution in [2.75, 3.05) is 7.11 Å². The third kappa shape index (κ3) is 9.32. The summed E-state index contributed by atoms with van der Waals surface area (Å²) in [5.74, 6) is -1.62. The molecule has 0 aromatic heterocycles. The largest absolute Gasteiger partial charge is 0.469 e. The van der Waals surface area contributed by atoms with Crippen LogP contribution in [0.4, 0.5) is 0 Å². The van der Waals surface area contributed by atoms with Crippen molar-refractivity contribution in [3.63, 3.8) is 0 Å². The van der Waals surface area contributed by atoms with Gasteiger partial charge in [-0.3, -0.25) is 14.4 Å². The van der Waals surface area contributed by atoms with Crippen LogP contribution in [0.3, 0.4) is 0 Å². The maximum Gasteiger partial charge on any atom is 0.309 e. The van der Waals surface area contributed by atoms with Gasteiger partial charge in [-0.1, -0.05) is 0 Å². The van der Waals surface area contributed by atoms with E-state index >= 15 is 0 Å². The zero-order valence-electron chi connectivity index (χ0n) is 12.3. The number of methoxy groups -OCH3 is 1. The van der Waals surface area contributed by atoms with Crippen LogP contribution in [0.5, 0.6) is 0 Å². The molecule has 7 nitrogen and oxygen atoms in total. The Morgan fingerprint density at radius 3 is 1.65 bits per heavy atom. The van der Waals surface area contributed by atoms with Crippen molar-refractivity contribution in [3.8, 4) is 0 Å². The number of aliphatic hydroxyl groups is 1. The molecular formula is C13H22O7. The van der Waals surface area contributed by atoms with Crippen LogP contribution < -0.4 is 0 Å². The standard InChI is InChI=1S/C13H22O7/c1-8(14)5-12(16)19-10(3)7-13(17)20-9(2)6-11(15)18-4/h8-10,14H,5-7H2,1-4H3/t8-,9-,10-/m1/s1. The molecule has 0 aliphatic heterocycles. The molecule has 0 rings (SSSR count). The normalized spacial score (nSPS) is 14.8. The van der Waals surface area contributed by atoms with E-state index in [0.717, 1.165) is 0 Å². The van der Waals surface area contributed by atoms with Crippen molar-refractivity contribution < 1.29 is 33.7 Å². The van der Waals surface area contributed by atoms with Gasteiger partial charge in [-0.05, 0) is 20.8 Å². The summed E-state index contributed by atoms with van der Waals surface area (Å²) in [6, 6.07) is 0. The van der Waals surface area contributed by atoms with Gasteiger partial charge in [0.05, 0.1) is 32.5 Å². The fraction of sp³-hybridized carbons (Fsp3) is 0.769. The number of rotatable bonds is 8. The summed E-state index contributed by atoms with van der Waals surface area (Å²) >= 11 is 0. The van der Waals surface area contributed by atoms with Gasteiger partial charge in [0.2, 0.25) is 0 Å². The Bertz CT molecular complexity index is 338. The molecule has 0 aromatic carbocycles. The lowest BCUT2D eigenvalue weighted by molar-refractivity contribution is -0.158. The molecule has 0 fully saturated rings. The van der Waals surface area contributed by atoms with E-state index in [-0.39, 0.29) is 19.3 Å². The summed E-state index contributed by atoms with van der Waals surface area (Å²) in [5, 5.41) is 9.01. The third-order valence-corrected chi connectivity index (χ3v) is 2.26. The highest BCUT2D eigenvalue weighted by molar-refractivity contribution is 5.74. The van der Waals surface area contributed by atoms with Crippen LogP contribution in [0.25, 0.3) is 0 Å². The molecule has 7 heteroatoms. The Morgan fingerprint density at radius 1 is 0.850 bits per heavy atom. The molecule has 20 heavy (non-hydrogen) atoms. The van der Waals surface area contributed by atoms with Gasteiger partial charge in [-0.25, -0.2) is 0 Å². The van der Waals surface area contributed by atoms with Gasteiger partial charge >= 0.3 is 17.9 Å². The molecular weight excluding hydrogens is 268 g/mol. The summed E-state index contributed by atoms with van der Waals surface area (Å²) in [6.45, 7) is 4.58. The lowest BCUT2D eigenvalue weighted by Gasteiger charge is -2.16. The van der Waals surface area contributed by atoms with Crippen molar-refractivity contribution >= 4 is 17.9 Å². The number of aliphatic hydroxyl groups excluding tert-OH is 1. The Morgan fingerprint density at radius 2 is 1.25 bits per heavy atom. The molecule has 0 aliphatic rings. The minimum absolute atomic E-state index is 0.0293. The Labute approximate surface area is 118 Å². The minimum atomic E-state index is -0.790. The fourth-order valence-corrected chi connectivity index (χ4v) is 1.42. The molecule has 0 saturated carbocycles. The molecule has 0 saturated heterocycles. The maximum atomic E-state index is 11.5. The second kappa shape index (κ2) is 9.30. The molecule has 0 unspecified atom stereocenters. The predicted molar refractivity (Wildman–Crippen MR) is 68.7 cm³/mol. The predicted octanol–water partition coefficient (Wildman–Crippen LogP) is 0.574. The van der Waals surface area contributed by atoms with Gasteiger partial charge in [0.15, 0.2) is 0 Å². The third-order valence-electron chi connectivity index (χ3n) is 2.26. The number of carbonyl (C=O) groups is 3. The fourth-order valence-electron chi connectivity index (χ4n) is 1.42. The second-order valence-corrected chi connectivity index (χ2v) is 4.64. The van der Waals surface area contributed by atoms with Crippen molar-refractivity contribution in [1.29, 1.82) is 0 Å². The highest BCUT2D eigenvalue weighted by atomic mass is 16.6. The van der Waals surface area contributed by atoms with Gasteiger partial charge < -0.3 is 19.3 Å². The highest BCUT2D eigenvalue weighted by Crippen LogP contribution is 2.06. The average molecular weight is 290 g/mol. The molecule has 3 atom stereocenters. The van der Waals surface area contributed by atoms with Crippen LogP contribution in [0.1, 0.15) is 40.0 Å². The van der Waals surface area contributed by atoms with Gasteiger partial charge in [-0.2, -0.15) is 0 Å². The molecule has 0 aromatic rings. The second-order valence-electron chi connectivity index (χ2n) is 4.64. The summed E-state index contributed by atoms with van der Waals surface area (Å²) in [7, 11) is 1.25. The van der Waals surface area contributed by atoms with Crippen molar-refractivity contribution in [1.82, 2.24) is 0 Å². The van der Waals surface area contributed by atoms with Crippen molar-refractivity contribution in [2.45, 2.75) is 58.3 Å². The Balaban J connectivity index is 4.01. The highest BCUT2D eigenvalue weighted by Gasteiger charge is 2.19. The first-order valence-corrected chi connectivity index (χ1v) is 6.38. The molecule has 1 N–H and O–H groups in total. The zero-order valence-corrected chi connectivity index (χ0v) is 12.3. The van der Waals surface area contributed by atoms with Gasteiger partial charge in [0.25, 0.3) is 0 Å². The maximum absolute atomic E-state index is 11.5. The van der Waals surface area contributed by atoms with Gasteiger partial charge in [0, 0.05) is 0 Å². The first-order chi connectivity index (χ1) is 9.24. The van der Waals surface area contributed by atoms with Crippen LogP contribution in [0, 0.1) is 0 Å². The molecule has 0 spiro atoms. The lowest BCUT2D eigenvalue weighted by atomic mass is 10.2. The van der Waals surface area contributed by atoms with Crippen molar-refractivity contribution in [2.24, 2.45) is 0 Å². The van der Waals surface area contributed by atoms with Crippen LogP contribution in [-0.4, -0.2) is 48.4 Å².